The summed E-state index contributed by atoms with van der Waals surface area (Å²) in [7, 11) is 3.38. The lowest BCUT2D eigenvalue weighted by molar-refractivity contribution is 0.0948. The first kappa shape index (κ1) is 24.7. The molecule has 1 fully saturated rings. The van der Waals surface area contributed by atoms with Crippen LogP contribution in [-0.2, 0) is 13.1 Å². The van der Waals surface area contributed by atoms with Crippen LogP contribution >= 0.6 is 0 Å². The van der Waals surface area contributed by atoms with Crippen molar-refractivity contribution in [2.75, 3.05) is 27.3 Å². The summed E-state index contributed by atoms with van der Waals surface area (Å²) in [5, 5.41) is 3.08. The number of likely N-dealkylation sites (tertiary alicyclic amines) is 1. The number of aromatic nitrogens is 1. The molecule has 6 heteroatoms. The van der Waals surface area contributed by atoms with Gasteiger partial charge in [0.15, 0.2) is 0 Å². The molecule has 1 aromatic heterocycles. The quantitative estimate of drug-likeness (QED) is 0.497. The molecule has 35 heavy (non-hydrogen) atoms. The van der Waals surface area contributed by atoms with Gasteiger partial charge in [-0.3, -0.25) is 14.7 Å². The number of nitrogens with one attached hydrogen (secondary N) is 1. The highest BCUT2D eigenvalue weighted by Crippen LogP contribution is 2.32. The van der Waals surface area contributed by atoms with Gasteiger partial charge >= 0.3 is 0 Å². The third kappa shape index (κ3) is 6.20. The van der Waals surface area contributed by atoms with Gasteiger partial charge in [0.25, 0.3) is 5.91 Å². The Bertz CT molecular complexity index is 1150. The third-order valence-electron chi connectivity index (χ3n) is 6.74. The molecule has 0 unspecified atom stereocenters. The Labute approximate surface area is 208 Å². The van der Waals surface area contributed by atoms with Crippen molar-refractivity contribution in [1.29, 1.82) is 0 Å². The molecule has 3 aromatic rings. The molecule has 4 rings (SSSR count). The van der Waals surface area contributed by atoms with Gasteiger partial charge in [-0.25, -0.2) is 0 Å². The van der Waals surface area contributed by atoms with E-state index in [2.05, 4.69) is 41.4 Å². The smallest absolute Gasteiger partial charge is 0.253 e. The van der Waals surface area contributed by atoms with Crippen LogP contribution in [0.1, 0.15) is 57.2 Å². The van der Waals surface area contributed by atoms with E-state index >= 15 is 0 Å². The van der Waals surface area contributed by atoms with Crippen molar-refractivity contribution in [2.24, 2.45) is 0 Å². The van der Waals surface area contributed by atoms with Gasteiger partial charge in [0.05, 0.1) is 25.5 Å². The van der Waals surface area contributed by atoms with E-state index in [-0.39, 0.29) is 11.8 Å². The minimum Gasteiger partial charge on any atom is -0.497 e. The Hall–Kier alpha value is -3.38. The zero-order valence-electron chi connectivity index (χ0n) is 21.1. The molecule has 0 bridgehead atoms. The van der Waals surface area contributed by atoms with Crippen molar-refractivity contribution in [2.45, 2.75) is 45.7 Å². The van der Waals surface area contributed by atoms with Gasteiger partial charge in [0.1, 0.15) is 11.5 Å². The van der Waals surface area contributed by atoms with E-state index in [1.165, 1.54) is 5.56 Å². The van der Waals surface area contributed by atoms with Crippen molar-refractivity contribution in [3.63, 3.8) is 0 Å². The number of carbonyl (C=O) groups excluding carboxylic acids is 1. The highest BCUT2D eigenvalue weighted by atomic mass is 16.5. The number of carbonyl (C=O) groups is 1. The molecule has 184 valence electrons. The minimum absolute atomic E-state index is 0.0587. The average molecular weight is 474 g/mol. The highest BCUT2D eigenvalue weighted by Gasteiger charge is 2.26. The summed E-state index contributed by atoms with van der Waals surface area (Å²) in [4.78, 5) is 20.4. The average Bonchev–Trinajstić information content (AvgIpc) is 2.88. The van der Waals surface area contributed by atoms with Gasteiger partial charge in [-0.05, 0) is 75.7 Å². The molecule has 0 atom stereocenters. The van der Waals surface area contributed by atoms with Crippen molar-refractivity contribution in [3.8, 4) is 11.5 Å². The molecule has 0 aliphatic carbocycles. The first-order valence-electron chi connectivity index (χ1n) is 12.2. The summed E-state index contributed by atoms with van der Waals surface area (Å²) in [5.74, 6) is 1.91. The van der Waals surface area contributed by atoms with Crippen LogP contribution in [0.5, 0.6) is 11.5 Å². The van der Waals surface area contributed by atoms with Crippen molar-refractivity contribution in [3.05, 3.63) is 88.2 Å². The number of hydrogen-bond acceptors (Lipinski definition) is 5. The molecule has 1 saturated heterocycles. The summed E-state index contributed by atoms with van der Waals surface area (Å²) < 4.78 is 11.0. The van der Waals surface area contributed by atoms with Crippen molar-refractivity contribution >= 4 is 5.91 Å². The van der Waals surface area contributed by atoms with E-state index in [4.69, 9.17) is 14.5 Å². The zero-order chi connectivity index (χ0) is 24.8. The number of amides is 1. The minimum atomic E-state index is -0.0587. The Kier molecular flexibility index (Phi) is 8.03. The predicted molar refractivity (Wildman–Crippen MR) is 138 cm³/mol. The fourth-order valence-corrected chi connectivity index (χ4v) is 4.67. The normalized spacial score (nSPS) is 14.5. The number of piperidine rings is 1. The fraction of sp³-hybridized carbons (Fsp3) is 0.379. The van der Waals surface area contributed by atoms with Crippen molar-refractivity contribution < 1.29 is 14.3 Å². The molecule has 1 aliphatic rings. The van der Waals surface area contributed by atoms with Crippen LogP contribution in [0.25, 0.3) is 0 Å². The first-order valence-corrected chi connectivity index (χ1v) is 12.2. The number of pyridine rings is 1. The second kappa shape index (κ2) is 11.4. The Morgan fingerprint density at radius 1 is 1.00 bits per heavy atom. The summed E-state index contributed by atoms with van der Waals surface area (Å²) in [5.41, 5.74) is 5.97. The molecule has 1 amide bonds. The maximum Gasteiger partial charge on any atom is 0.253 e. The topological polar surface area (TPSA) is 63.7 Å². The maximum atomic E-state index is 13.1. The predicted octanol–water partition coefficient (Wildman–Crippen LogP) is 5.03. The first-order chi connectivity index (χ1) is 17.0. The second-order valence-corrected chi connectivity index (χ2v) is 9.28. The molecule has 0 spiro atoms. The summed E-state index contributed by atoms with van der Waals surface area (Å²) in [6.45, 7) is 7.23. The molecule has 0 saturated carbocycles. The lowest BCUT2D eigenvalue weighted by atomic mass is 9.89. The van der Waals surface area contributed by atoms with Gasteiger partial charge in [0, 0.05) is 30.3 Å². The van der Waals surface area contributed by atoms with E-state index in [0.717, 1.165) is 66.5 Å². The standard InChI is InChI=1S/C29H35N3O3/c1-20-5-8-22(9-6-20)18-30-29(33)26-11-7-21(2)31-28(26)23-13-15-32(16-14-23)19-24-17-25(34-3)10-12-27(24)35-4/h5-12,17,23H,13-16,18-19H2,1-4H3,(H,30,33). The van der Waals surface area contributed by atoms with Gasteiger partial charge in [-0.1, -0.05) is 29.8 Å². The Morgan fingerprint density at radius 2 is 1.74 bits per heavy atom. The van der Waals surface area contributed by atoms with Gasteiger partial charge in [0.2, 0.25) is 0 Å². The van der Waals surface area contributed by atoms with Crippen LogP contribution in [0.2, 0.25) is 0 Å². The summed E-state index contributed by atoms with van der Waals surface area (Å²) in [6, 6.07) is 18.0. The monoisotopic (exact) mass is 473 g/mol. The van der Waals surface area contributed by atoms with Crippen LogP contribution in [0.4, 0.5) is 0 Å². The summed E-state index contributed by atoms with van der Waals surface area (Å²) >= 11 is 0. The largest absolute Gasteiger partial charge is 0.497 e. The number of benzene rings is 2. The number of ether oxygens (including phenoxy) is 2. The summed E-state index contributed by atoms with van der Waals surface area (Å²) in [6.07, 6.45) is 1.92. The van der Waals surface area contributed by atoms with Gasteiger partial charge < -0.3 is 14.8 Å². The van der Waals surface area contributed by atoms with Crippen LogP contribution in [0.3, 0.4) is 0 Å². The van der Waals surface area contributed by atoms with Crippen LogP contribution in [-0.4, -0.2) is 43.1 Å². The molecular weight excluding hydrogens is 438 g/mol. The van der Waals surface area contributed by atoms with Crippen LogP contribution in [0.15, 0.2) is 54.6 Å². The second-order valence-electron chi connectivity index (χ2n) is 9.28. The van der Waals surface area contributed by atoms with Gasteiger partial charge in [-0.15, -0.1) is 0 Å². The molecule has 1 N–H and O–H groups in total. The Morgan fingerprint density at radius 3 is 2.43 bits per heavy atom. The number of methoxy groups -OCH3 is 2. The Balaban J connectivity index is 1.42. The van der Waals surface area contributed by atoms with Crippen LogP contribution in [0, 0.1) is 13.8 Å². The van der Waals surface area contributed by atoms with E-state index in [1.54, 1.807) is 14.2 Å². The molecule has 1 aliphatic heterocycles. The number of rotatable bonds is 8. The van der Waals surface area contributed by atoms with E-state index in [0.29, 0.717) is 12.1 Å². The van der Waals surface area contributed by atoms with E-state index < -0.39 is 0 Å². The van der Waals surface area contributed by atoms with E-state index in [1.807, 2.05) is 37.3 Å². The highest BCUT2D eigenvalue weighted by molar-refractivity contribution is 5.95. The number of aryl methyl sites for hydroxylation is 2. The molecule has 2 aromatic carbocycles. The third-order valence-corrected chi connectivity index (χ3v) is 6.74. The van der Waals surface area contributed by atoms with E-state index in [9.17, 15) is 4.79 Å². The van der Waals surface area contributed by atoms with Crippen LogP contribution < -0.4 is 14.8 Å². The lowest BCUT2D eigenvalue weighted by Crippen LogP contribution is -2.34. The molecular formula is C29H35N3O3. The number of nitrogens with zero attached hydrogens (tertiary/aromatic N) is 2. The molecule has 2 heterocycles. The number of hydrogen-bond donors (Lipinski definition) is 1. The molecule has 6 nitrogen and oxygen atoms in total. The van der Waals surface area contributed by atoms with Gasteiger partial charge in [-0.2, -0.15) is 0 Å². The lowest BCUT2D eigenvalue weighted by Gasteiger charge is -2.32. The fourth-order valence-electron chi connectivity index (χ4n) is 4.67. The maximum absolute atomic E-state index is 13.1. The van der Waals surface area contributed by atoms with Crippen molar-refractivity contribution in [1.82, 2.24) is 15.2 Å². The zero-order valence-corrected chi connectivity index (χ0v) is 21.1. The SMILES string of the molecule is COc1ccc(OC)c(CN2CCC(c3nc(C)ccc3C(=O)NCc3ccc(C)cc3)CC2)c1. The molecule has 0 radical (unpaired) electrons.